The fourth-order valence-corrected chi connectivity index (χ4v) is 3.96. The quantitative estimate of drug-likeness (QED) is 0.282. The van der Waals surface area contributed by atoms with Crippen molar-refractivity contribution < 1.29 is 9.47 Å². The zero-order chi connectivity index (χ0) is 21.8. The molecule has 4 rings (SSSR count). The van der Waals surface area contributed by atoms with Crippen LogP contribution >= 0.6 is 11.6 Å². The van der Waals surface area contributed by atoms with Crippen LogP contribution in [-0.2, 0) is 6.54 Å². The maximum Gasteiger partial charge on any atom is 0.153 e. The predicted molar refractivity (Wildman–Crippen MR) is 126 cm³/mol. The summed E-state index contributed by atoms with van der Waals surface area (Å²) < 4.78 is 14.4. The molecule has 1 aromatic heterocycles. The maximum absolute atomic E-state index is 6.15. The first-order valence-corrected chi connectivity index (χ1v) is 11.0. The summed E-state index contributed by atoms with van der Waals surface area (Å²) in [5, 5.41) is 0.691. The molecule has 4 aromatic rings. The van der Waals surface area contributed by atoms with Crippen molar-refractivity contribution in [3.05, 3.63) is 88.7 Å². The molecule has 0 bridgehead atoms. The Morgan fingerprint density at radius 2 is 1.65 bits per heavy atom. The first-order valence-electron chi connectivity index (χ1n) is 10.6. The van der Waals surface area contributed by atoms with E-state index in [0.29, 0.717) is 11.6 Å². The summed E-state index contributed by atoms with van der Waals surface area (Å²) in [6, 6.07) is 21.9. The summed E-state index contributed by atoms with van der Waals surface area (Å²) in [5.41, 5.74) is 4.51. The van der Waals surface area contributed by atoms with Crippen LogP contribution in [0.1, 0.15) is 36.4 Å². The molecular weight excluding hydrogens is 408 g/mol. The van der Waals surface area contributed by atoms with E-state index in [1.165, 1.54) is 11.1 Å². The molecule has 0 saturated carbocycles. The van der Waals surface area contributed by atoms with Gasteiger partial charge in [-0.3, -0.25) is 0 Å². The monoisotopic (exact) mass is 434 g/mol. The van der Waals surface area contributed by atoms with Gasteiger partial charge in [0.25, 0.3) is 0 Å². The average Bonchev–Trinajstić information content (AvgIpc) is 3.11. The normalized spacial score (nSPS) is 12.1. The van der Waals surface area contributed by atoms with Crippen molar-refractivity contribution in [2.45, 2.75) is 39.8 Å². The number of ether oxygens (including phenoxy) is 2. The second-order valence-electron chi connectivity index (χ2n) is 7.85. The molecule has 0 radical (unpaired) electrons. The smallest absolute Gasteiger partial charge is 0.153 e. The van der Waals surface area contributed by atoms with E-state index in [9.17, 15) is 0 Å². The minimum Gasteiger partial charge on any atom is -0.494 e. The lowest BCUT2D eigenvalue weighted by Gasteiger charge is -2.17. The van der Waals surface area contributed by atoms with Gasteiger partial charge in [0.1, 0.15) is 11.5 Å². The highest BCUT2D eigenvalue weighted by Crippen LogP contribution is 2.26. The Morgan fingerprint density at radius 1 is 0.935 bits per heavy atom. The summed E-state index contributed by atoms with van der Waals surface area (Å²) in [5.74, 6) is 2.60. The average molecular weight is 435 g/mol. The van der Waals surface area contributed by atoms with E-state index in [0.717, 1.165) is 41.3 Å². The first-order chi connectivity index (χ1) is 15.0. The van der Waals surface area contributed by atoms with Crippen molar-refractivity contribution in [2.75, 3.05) is 6.61 Å². The van der Waals surface area contributed by atoms with E-state index in [1.807, 2.05) is 49.4 Å². The van der Waals surface area contributed by atoms with Gasteiger partial charge in [-0.1, -0.05) is 29.8 Å². The van der Waals surface area contributed by atoms with Crippen LogP contribution in [0.2, 0.25) is 5.02 Å². The number of imidazole rings is 1. The van der Waals surface area contributed by atoms with Gasteiger partial charge in [-0.15, -0.1) is 0 Å². The van der Waals surface area contributed by atoms with Crippen molar-refractivity contribution in [1.82, 2.24) is 9.55 Å². The fraction of sp³-hybridized carbons (Fsp3) is 0.269. The third kappa shape index (κ3) is 5.20. The highest BCUT2D eigenvalue weighted by molar-refractivity contribution is 6.30. The molecule has 1 heterocycles. The predicted octanol–water partition coefficient (Wildman–Crippen LogP) is 6.92. The number of rotatable bonds is 8. The molecule has 5 heteroatoms. The molecular formula is C26H27ClN2O2. The summed E-state index contributed by atoms with van der Waals surface area (Å²) in [4.78, 5) is 4.86. The van der Waals surface area contributed by atoms with Gasteiger partial charge in [0.15, 0.2) is 11.9 Å². The van der Waals surface area contributed by atoms with Gasteiger partial charge in [-0.05, 0) is 86.8 Å². The number of aryl methyl sites for hydroxylation is 3. The van der Waals surface area contributed by atoms with E-state index in [4.69, 9.17) is 26.1 Å². The Hall–Kier alpha value is -2.98. The summed E-state index contributed by atoms with van der Waals surface area (Å²) >= 11 is 5.99. The minimum atomic E-state index is -0.200. The second kappa shape index (κ2) is 9.44. The largest absolute Gasteiger partial charge is 0.494 e. The Kier molecular flexibility index (Phi) is 6.47. The first kappa shape index (κ1) is 21.3. The van der Waals surface area contributed by atoms with Crippen LogP contribution in [0.4, 0.5) is 0 Å². The van der Waals surface area contributed by atoms with E-state index in [-0.39, 0.29) is 6.10 Å². The molecule has 160 valence electrons. The minimum absolute atomic E-state index is 0.200. The highest BCUT2D eigenvalue weighted by Gasteiger charge is 2.18. The third-order valence-corrected chi connectivity index (χ3v) is 5.42. The molecule has 0 amide bonds. The van der Waals surface area contributed by atoms with Crippen LogP contribution < -0.4 is 9.47 Å². The molecule has 1 unspecified atom stereocenters. The third-order valence-electron chi connectivity index (χ3n) is 5.16. The summed E-state index contributed by atoms with van der Waals surface area (Å²) in [6.45, 7) is 7.65. The molecule has 0 N–H and O–H groups in total. The van der Waals surface area contributed by atoms with Gasteiger partial charge in [-0.25, -0.2) is 4.98 Å². The molecule has 0 saturated heterocycles. The Morgan fingerprint density at radius 3 is 2.39 bits per heavy atom. The van der Waals surface area contributed by atoms with Gasteiger partial charge in [-0.2, -0.15) is 0 Å². The van der Waals surface area contributed by atoms with Crippen LogP contribution in [0.15, 0.2) is 66.7 Å². The number of halogens is 1. The lowest BCUT2D eigenvalue weighted by atomic mass is 10.1. The zero-order valence-electron chi connectivity index (χ0n) is 18.1. The number of para-hydroxylation sites is 2. The Labute approximate surface area is 188 Å². The van der Waals surface area contributed by atoms with Crippen molar-refractivity contribution in [1.29, 1.82) is 0 Å². The van der Waals surface area contributed by atoms with Gasteiger partial charge in [0.2, 0.25) is 0 Å². The number of hydrogen-bond acceptors (Lipinski definition) is 3. The van der Waals surface area contributed by atoms with Gasteiger partial charge in [0, 0.05) is 11.6 Å². The Balaban J connectivity index is 1.48. The van der Waals surface area contributed by atoms with E-state index in [2.05, 4.69) is 42.7 Å². The maximum atomic E-state index is 6.15. The molecule has 1 atom stereocenters. The summed E-state index contributed by atoms with van der Waals surface area (Å²) in [7, 11) is 0. The van der Waals surface area contributed by atoms with Crippen LogP contribution in [-0.4, -0.2) is 16.2 Å². The molecule has 0 aliphatic rings. The molecule has 4 nitrogen and oxygen atoms in total. The van der Waals surface area contributed by atoms with Crippen molar-refractivity contribution in [3.8, 4) is 11.5 Å². The lowest BCUT2D eigenvalue weighted by molar-refractivity contribution is 0.210. The van der Waals surface area contributed by atoms with Gasteiger partial charge < -0.3 is 14.0 Å². The SMILES string of the molecule is Cc1cc(C)cc(OCCCn2c(C(C)Oc3ccc(Cl)cc3)nc3ccccc32)c1. The molecule has 31 heavy (non-hydrogen) atoms. The van der Waals surface area contributed by atoms with Crippen molar-refractivity contribution >= 4 is 22.6 Å². The molecule has 0 fully saturated rings. The number of aromatic nitrogens is 2. The summed E-state index contributed by atoms with van der Waals surface area (Å²) in [6.07, 6.45) is 0.669. The molecule has 0 aliphatic carbocycles. The van der Waals surface area contributed by atoms with Crippen molar-refractivity contribution in [3.63, 3.8) is 0 Å². The Bertz CT molecular complexity index is 1150. The highest BCUT2D eigenvalue weighted by atomic mass is 35.5. The van der Waals surface area contributed by atoms with Gasteiger partial charge >= 0.3 is 0 Å². The standard InChI is InChI=1S/C26H27ClN2O2/c1-18-15-19(2)17-23(16-18)30-14-6-13-29-25-8-5-4-7-24(25)28-26(29)20(3)31-22-11-9-21(27)10-12-22/h4-5,7-12,15-17,20H,6,13-14H2,1-3H3. The van der Waals surface area contributed by atoms with E-state index >= 15 is 0 Å². The second-order valence-corrected chi connectivity index (χ2v) is 8.29. The molecule has 0 aliphatic heterocycles. The zero-order valence-corrected chi connectivity index (χ0v) is 18.9. The number of nitrogens with zero attached hydrogens (tertiary/aromatic N) is 2. The van der Waals surface area contributed by atoms with Crippen molar-refractivity contribution in [2.24, 2.45) is 0 Å². The van der Waals surface area contributed by atoms with Crippen LogP contribution in [0.3, 0.4) is 0 Å². The van der Waals surface area contributed by atoms with Crippen LogP contribution in [0, 0.1) is 13.8 Å². The van der Waals surface area contributed by atoms with Crippen LogP contribution in [0.5, 0.6) is 11.5 Å². The molecule has 3 aromatic carbocycles. The van der Waals surface area contributed by atoms with Gasteiger partial charge in [0.05, 0.1) is 17.6 Å². The van der Waals surface area contributed by atoms with E-state index < -0.39 is 0 Å². The van der Waals surface area contributed by atoms with Crippen LogP contribution in [0.25, 0.3) is 11.0 Å². The van der Waals surface area contributed by atoms with E-state index in [1.54, 1.807) is 0 Å². The lowest BCUT2D eigenvalue weighted by Crippen LogP contribution is -2.13. The number of hydrogen-bond donors (Lipinski definition) is 0. The molecule has 0 spiro atoms. The number of fused-ring (bicyclic) bond motifs is 1. The topological polar surface area (TPSA) is 36.3 Å². The fourth-order valence-electron chi connectivity index (χ4n) is 3.84. The number of benzene rings is 3.